The van der Waals surface area contributed by atoms with E-state index < -0.39 is 5.97 Å². The molecule has 0 aromatic carbocycles. The summed E-state index contributed by atoms with van der Waals surface area (Å²) in [5, 5.41) is 11.3. The first kappa shape index (κ1) is 11.1. The Morgan fingerprint density at radius 3 is 2.92 bits per heavy atom. The smallest absolute Gasteiger partial charge is 0.330 e. The highest BCUT2D eigenvalue weighted by Crippen LogP contribution is 1.82. The lowest BCUT2D eigenvalue weighted by atomic mass is 10.4. The van der Waals surface area contributed by atoms with Crippen molar-refractivity contribution in [3.8, 4) is 0 Å². The second-order valence-corrected chi connectivity index (χ2v) is 2.20. The Labute approximate surface area is 72.2 Å². The zero-order valence-corrected chi connectivity index (χ0v) is 7.08. The van der Waals surface area contributed by atoms with Crippen LogP contribution in [0.2, 0.25) is 0 Å². The van der Waals surface area contributed by atoms with Crippen molar-refractivity contribution in [2.24, 2.45) is 0 Å². The minimum absolute atomic E-state index is 0.131. The van der Waals surface area contributed by atoms with E-state index in [1.807, 2.05) is 0 Å². The Kier molecular flexibility index (Phi) is 7.63. The third kappa shape index (κ3) is 7.24. The van der Waals surface area contributed by atoms with Gasteiger partial charge in [-0.3, -0.25) is 0 Å². The average molecular weight is 173 g/mol. The second-order valence-electron chi connectivity index (χ2n) is 2.20. The van der Waals surface area contributed by atoms with E-state index in [1.54, 1.807) is 0 Å². The summed E-state index contributed by atoms with van der Waals surface area (Å²) in [4.78, 5) is 10.5. The van der Waals surface area contributed by atoms with Crippen molar-refractivity contribution < 1.29 is 14.6 Å². The van der Waals surface area contributed by atoms with Crippen LogP contribution in [0.3, 0.4) is 0 Å². The van der Waals surface area contributed by atoms with Crippen molar-refractivity contribution in [2.75, 3.05) is 26.3 Å². The summed E-state index contributed by atoms with van der Waals surface area (Å²) >= 11 is 0. The number of nitrogens with one attached hydrogen (secondary N) is 1. The van der Waals surface area contributed by atoms with Crippen molar-refractivity contribution >= 4 is 5.97 Å². The van der Waals surface area contributed by atoms with Crippen LogP contribution in [0.25, 0.3) is 0 Å². The van der Waals surface area contributed by atoms with Gasteiger partial charge in [-0.2, -0.15) is 0 Å². The fourth-order valence-electron chi connectivity index (χ4n) is 0.633. The van der Waals surface area contributed by atoms with Crippen LogP contribution in [0.5, 0.6) is 0 Å². The van der Waals surface area contributed by atoms with Gasteiger partial charge in [0, 0.05) is 12.6 Å². The molecule has 0 radical (unpaired) electrons. The van der Waals surface area contributed by atoms with Gasteiger partial charge in [0.1, 0.15) is 0 Å². The predicted octanol–water partition coefficient (Wildman–Crippen LogP) is -0.312. The molecule has 0 aliphatic rings. The minimum atomic E-state index is -0.392. The third-order valence-corrected chi connectivity index (χ3v) is 1.20. The first-order chi connectivity index (χ1) is 5.81. The van der Waals surface area contributed by atoms with Gasteiger partial charge in [-0.25, -0.2) is 4.79 Å². The van der Waals surface area contributed by atoms with Crippen LogP contribution in [-0.2, 0) is 9.53 Å². The molecule has 4 nitrogen and oxygen atoms in total. The molecule has 0 saturated heterocycles. The van der Waals surface area contributed by atoms with Crippen molar-refractivity contribution in [1.29, 1.82) is 0 Å². The van der Waals surface area contributed by atoms with Crippen LogP contribution >= 0.6 is 0 Å². The molecule has 4 heteroatoms. The summed E-state index contributed by atoms with van der Waals surface area (Å²) in [6.45, 7) is 5.11. The van der Waals surface area contributed by atoms with Gasteiger partial charge < -0.3 is 15.2 Å². The molecule has 12 heavy (non-hydrogen) atoms. The van der Waals surface area contributed by atoms with E-state index in [4.69, 9.17) is 9.84 Å². The van der Waals surface area contributed by atoms with Gasteiger partial charge in [0.2, 0.25) is 0 Å². The molecule has 0 fully saturated rings. The highest BCUT2D eigenvalue weighted by Gasteiger charge is 1.93. The summed E-state index contributed by atoms with van der Waals surface area (Å²) in [6.07, 6.45) is 1.89. The minimum Gasteiger partial charge on any atom is -0.462 e. The molecule has 0 aromatic heterocycles. The van der Waals surface area contributed by atoms with Crippen LogP contribution < -0.4 is 5.32 Å². The average Bonchev–Trinajstić information content (AvgIpc) is 2.10. The normalized spacial score (nSPS) is 9.42. The Morgan fingerprint density at radius 1 is 1.58 bits per heavy atom. The van der Waals surface area contributed by atoms with Crippen LogP contribution in [0, 0.1) is 0 Å². The van der Waals surface area contributed by atoms with Crippen LogP contribution in [0.4, 0.5) is 0 Å². The van der Waals surface area contributed by atoms with Crippen molar-refractivity contribution in [3.05, 3.63) is 12.7 Å². The number of rotatable bonds is 7. The first-order valence-corrected chi connectivity index (χ1v) is 3.92. The molecule has 0 atom stereocenters. The summed E-state index contributed by atoms with van der Waals surface area (Å²) in [6, 6.07) is 0. The van der Waals surface area contributed by atoms with E-state index in [-0.39, 0.29) is 6.61 Å². The van der Waals surface area contributed by atoms with Crippen molar-refractivity contribution in [1.82, 2.24) is 5.32 Å². The molecule has 0 aliphatic heterocycles. The molecular weight excluding hydrogens is 158 g/mol. The van der Waals surface area contributed by atoms with E-state index in [2.05, 4.69) is 11.9 Å². The summed E-state index contributed by atoms with van der Waals surface area (Å²) in [5.74, 6) is -0.392. The number of carbonyl (C=O) groups excluding carboxylic acids is 1. The molecule has 0 amide bonds. The number of esters is 1. The largest absolute Gasteiger partial charge is 0.462 e. The van der Waals surface area contributed by atoms with Crippen molar-refractivity contribution in [2.45, 2.75) is 6.42 Å². The maximum atomic E-state index is 10.5. The second kappa shape index (κ2) is 8.23. The molecule has 70 valence electrons. The molecule has 0 aromatic rings. The van der Waals surface area contributed by atoms with Crippen LogP contribution in [0.1, 0.15) is 6.42 Å². The predicted molar refractivity (Wildman–Crippen MR) is 45.7 cm³/mol. The molecule has 0 rings (SSSR count). The van der Waals surface area contributed by atoms with Crippen molar-refractivity contribution in [3.63, 3.8) is 0 Å². The first-order valence-electron chi connectivity index (χ1n) is 3.92. The Balaban J connectivity index is 3.00. The maximum Gasteiger partial charge on any atom is 0.330 e. The molecule has 0 heterocycles. The highest BCUT2D eigenvalue weighted by atomic mass is 16.5. The quantitative estimate of drug-likeness (QED) is 0.315. The number of aliphatic hydroxyl groups excluding tert-OH is 1. The Bertz CT molecular complexity index is 136. The highest BCUT2D eigenvalue weighted by molar-refractivity contribution is 5.81. The lowest BCUT2D eigenvalue weighted by Gasteiger charge is -2.02. The SMILES string of the molecule is C=CC(=O)OCCCNCCO. The Hall–Kier alpha value is -0.870. The lowest BCUT2D eigenvalue weighted by molar-refractivity contribution is -0.137. The molecule has 0 saturated carbocycles. The molecule has 2 N–H and O–H groups in total. The number of hydrogen-bond acceptors (Lipinski definition) is 4. The Morgan fingerprint density at radius 2 is 2.33 bits per heavy atom. The fraction of sp³-hybridized carbons (Fsp3) is 0.625. The maximum absolute atomic E-state index is 10.5. The summed E-state index contributed by atoms with van der Waals surface area (Å²) in [5.41, 5.74) is 0. The summed E-state index contributed by atoms with van der Waals surface area (Å²) in [7, 11) is 0. The molecule has 0 spiro atoms. The van der Waals surface area contributed by atoms with Crippen LogP contribution in [0.15, 0.2) is 12.7 Å². The van der Waals surface area contributed by atoms with Crippen LogP contribution in [-0.4, -0.2) is 37.4 Å². The van der Waals surface area contributed by atoms with Gasteiger partial charge in [0.25, 0.3) is 0 Å². The van der Waals surface area contributed by atoms with E-state index in [0.29, 0.717) is 13.2 Å². The topological polar surface area (TPSA) is 58.6 Å². The number of hydrogen-bond donors (Lipinski definition) is 2. The fourth-order valence-corrected chi connectivity index (χ4v) is 0.633. The van der Waals surface area contributed by atoms with E-state index in [9.17, 15) is 4.79 Å². The molecular formula is C8H15NO3. The van der Waals surface area contributed by atoms with Gasteiger partial charge in [-0.05, 0) is 13.0 Å². The zero-order valence-electron chi connectivity index (χ0n) is 7.08. The molecule has 0 aliphatic carbocycles. The van der Waals surface area contributed by atoms with Gasteiger partial charge in [0.15, 0.2) is 0 Å². The van der Waals surface area contributed by atoms with E-state index in [0.717, 1.165) is 19.0 Å². The molecule has 0 unspecified atom stereocenters. The van der Waals surface area contributed by atoms with E-state index >= 15 is 0 Å². The summed E-state index contributed by atoms with van der Waals surface area (Å²) < 4.78 is 4.71. The zero-order chi connectivity index (χ0) is 9.23. The van der Waals surface area contributed by atoms with E-state index in [1.165, 1.54) is 0 Å². The standard InChI is InChI=1S/C8H15NO3/c1-2-8(11)12-7-3-4-9-5-6-10/h2,9-10H,1,3-7H2. The number of ether oxygens (including phenoxy) is 1. The third-order valence-electron chi connectivity index (χ3n) is 1.20. The van der Waals surface area contributed by atoms with Gasteiger partial charge in [0.05, 0.1) is 13.2 Å². The number of carbonyl (C=O) groups is 1. The van der Waals surface area contributed by atoms with Gasteiger partial charge >= 0.3 is 5.97 Å². The molecule has 0 bridgehead atoms. The monoisotopic (exact) mass is 173 g/mol. The lowest BCUT2D eigenvalue weighted by Crippen LogP contribution is -2.20. The number of aliphatic hydroxyl groups is 1. The van der Waals surface area contributed by atoms with Gasteiger partial charge in [-0.15, -0.1) is 0 Å². The van der Waals surface area contributed by atoms with Gasteiger partial charge in [-0.1, -0.05) is 6.58 Å².